The lowest BCUT2D eigenvalue weighted by Crippen LogP contribution is -2.34. The van der Waals surface area contributed by atoms with Gasteiger partial charge in [0.2, 0.25) is 0 Å². The van der Waals surface area contributed by atoms with Gasteiger partial charge in [-0.2, -0.15) is 4.98 Å². The van der Waals surface area contributed by atoms with Crippen LogP contribution in [0.2, 0.25) is 5.02 Å². The third-order valence-electron chi connectivity index (χ3n) is 7.63. The Morgan fingerprint density at radius 3 is 2.78 bits per heavy atom. The smallest absolute Gasteiger partial charge is 0.354 e. The van der Waals surface area contributed by atoms with E-state index >= 15 is 4.39 Å². The second-order valence-corrected chi connectivity index (χ2v) is 11.3. The van der Waals surface area contributed by atoms with E-state index in [9.17, 15) is 4.79 Å². The van der Waals surface area contributed by atoms with Gasteiger partial charge in [0.25, 0.3) is 0 Å². The molecule has 1 aliphatic rings. The van der Waals surface area contributed by atoms with Gasteiger partial charge in [0, 0.05) is 41.8 Å². The normalized spacial score (nSPS) is 17.7. The topological polar surface area (TPSA) is 151 Å². The molecule has 11 heteroatoms. The molecule has 0 amide bonds. The highest BCUT2D eigenvalue weighted by molar-refractivity contribution is 6.31. The Kier molecular flexibility index (Phi) is 8.72. The highest BCUT2D eigenvalue weighted by atomic mass is 35.5. The molecule has 9 nitrogen and oxygen atoms in total. The van der Waals surface area contributed by atoms with Crippen LogP contribution >= 0.6 is 11.6 Å². The molecule has 2 aromatic heterocycles. The maximum Gasteiger partial charge on any atom is 0.354 e. The number of aromatic nitrogens is 3. The lowest BCUT2D eigenvalue weighted by Gasteiger charge is -2.15. The summed E-state index contributed by atoms with van der Waals surface area (Å²) in [7, 11) is 0. The van der Waals surface area contributed by atoms with Crippen molar-refractivity contribution in [3.8, 4) is 16.9 Å². The van der Waals surface area contributed by atoms with E-state index in [4.69, 9.17) is 28.5 Å². The standard InChI is InChI=1S/C30H36ClFN8O/c1-17(33)3-2-4-18-13-23(27(32)24(31)14-18)26-15-20-16-40(30(41)39-28(20)38-26)22-8-5-19(6-9-22)25-10-7-21(37-25)11-12-36-29(34)35/h5-6,8-9,13-17,21,25,37H,2-4,7,10-12,33H2,1H3,(H4,34,35,36)(H,38,39,41)/t17-,21-,25-/m0/s1. The van der Waals surface area contributed by atoms with Crippen LogP contribution in [0.3, 0.4) is 0 Å². The number of fused-ring (bicyclic) bond motifs is 1. The number of aryl methyl sites for hydroxylation is 1. The fourth-order valence-electron chi connectivity index (χ4n) is 5.50. The van der Waals surface area contributed by atoms with Crippen molar-refractivity contribution in [1.82, 2.24) is 25.2 Å². The van der Waals surface area contributed by atoms with Crippen LogP contribution in [0, 0.1) is 11.2 Å². The average molecular weight is 579 g/mol. The monoisotopic (exact) mass is 578 g/mol. The molecular formula is C30H36ClFN8O. The lowest BCUT2D eigenvalue weighted by atomic mass is 10.0. The van der Waals surface area contributed by atoms with E-state index in [1.165, 1.54) is 4.57 Å². The van der Waals surface area contributed by atoms with Crippen LogP contribution in [-0.4, -0.2) is 39.1 Å². The Bertz CT molecular complexity index is 1600. The molecule has 41 heavy (non-hydrogen) atoms. The Labute approximate surface area is 243 Å². The summed E-state index contributed by atoms with van der Waals surface area (Å²) in [5.74, 6) is -0.527. The second kappa shape index (κ2) is 12.4. The Hall–Kier alpha value is -3.73. The predicted octanol–water partition coefficient (Wildman–Crippen LogP) is 4.51. The molecule has 0 radical (unpaired) electrons. The summed E-state index contributed by atoms with van der Waals surface area (Å²) in [4.78, 5) is 20.3. The van der Waals surface area contributed by atoms with Gasteiger partial charge in [0.15, 0.2) is 11.8 Å². The van der Waals surface area contributed by atoms with Crippen LogP contribution in [-0.2, 0) is 6.42 Å². The summed E-state index contributed by atoms with van der Waals surface area (Å²) >= 11 is 6.24. The van der Waals surface area contributed by atoms with Crippen LogP contribution < -0.4 is 27.8 Å². The van der Waals surface area contributed by atoms with E-state index in [1.807, 2.05) is 31.2 Å². The molecule has 8 N–H and O–H groups in total. The van der Waals surface area contributed by atoms with Crippen molar-refractivity contribution >= 4 is 28.6 Å². The number of benzene rings is 2. The Morgan fingerprint density at radius 1 is 1.27 bits per heavy atom. The van der Waals surface area contributed by atoms with Gasteiger partial charge in [-0.3, -0.25) is 9.98 Å². The summed E-state index contributed by atoms with van der Waals surface area (Å²) in [6.45, 7) is 2.63. The minimum atomic E-state index is -0.516. The third kappa shape index (κ3) is 6.78. The number of rotatable bonds is 10. The number of H-pyrrole nitrogens is 1. The summed E-state index contributed by atoms with van der Waals surface area (Å²) in [5, 5.41) is 14.5. The summed E-state index contributed by atoms with van der Waals surface area (Å²) in [6.07, 6.45) is 7.15. The molecule has 0 unspecified atom stereocenters. The lowest BCUT2D eigenvalue weighted by molar-refractivity contribution is 0.517. The van der Waals surface area contributed by atoms with E-state index < -0.39 is 11.5 Å². The van der Waals surface area contributed by atoms with Gasteiger partial charge in [-0.1, -0.05) is 23.7 Å². The van der Waals surface area contributed by atoms with E-state index in [-0.39, 0.29) is 23.1 Å². The van der Waals surface area contributed by atoms with Crippen molar-refractivity contribution in [1.29, 1.82) is 5.41 Å². The van der Waals surface area contributed by atoms with Gasteiger partial charge < -0.3 is 27.1 Å². The SMILES string of the molecule is C[C@H](N)CCCc1cc(Cl)c(F)c(-c2cc3cn(-c4ccc([C@@H]5CC[C@@H](CCNC(=N)N)N5)cc4)c(=O)nc3[nH]2)c1. The summed E-state index contributed by atoms with van der Waals surface area (Å²) in [5.41, 5.74) is 14.8. The van der Waals surface area contributed by atoms with Crippen molar-refractivity contribution in [3.63, 3.8) is 0 Å². The maximum atomic E-state index is 15.1. The number of hydrogen-bond acceptors (Lipinski definition) is 5. The zero-order chi connectivity index (χ0) is 29.1. The predicted molar refractivity (Wildman–Crippen MR) is 162 cm³/mol. The molecule has 0 bridgehead atoms. The first-order valence-corrected chi connectivity index (χ1v) is 14.4. The Morgan fingerprint density at radius 2 is 2.05 bits per heavy atom. The molecule has 3 heterocycles. The van der Waals surface area contributed by atoms with Crippen molar-refractivity contribution in [2.24, 2.45) is 11.5 Å². The molecule has 1 aliphatic heterocycles. The number of nitrogens with zero attached hydrogens (tertiary/aromatic N) is 2. The van der Waals surface area contributed by atoms with Crippen LogP contribution in [0.1, 0.15) is 56.2 Å². The quantitative estimate of drug-likeness (QED) is 0.120. The molecule has 0 saturated carbocycles. The molecular weight excluding hydrogens is 543 g/mol. The van der Waals surface area contributed by atoms with Crippen molar-refractivity contribution < 1.29 is 4.39 Å². The van der Waals surface area contributed by atoms with Crippen LogP contribution in [0.4, 0.5) is 4.39 Å². The summed E-state index contributed by atoms with van der Waals surface area (Å²) < 4.78 is 16.6. The molecule has 0 aliphatic carbocycles. The van der Waals surface area contributed by atoms with Crippen LogP contribution in [0.15, 0.2) is 53.5 Å². The first kappa shape index (κ1) is 28.8. The number of hydrogen-bond donors (Lipinski definition) is 6. The molecule has 4 aromatic rings. The molecule has 1 fully saturated rings. The fourth-order valence-corrected chi connectivity index (χ4v) is 5.74. The number of halogens is 2. The minimum Gasteiger partial charge on any atom is -0.370 e. The number of nitrogens with one attached hydrogen (secondary N) is 4. The van der Waals surface area contributed by atoms with Gasteiger partial charge in [-0.05, 0) is 86.9 Å². The highest BCUT2D eigenvalue weighted by Gasteiger charge is 2.24. The molecule has 2 aromatic carbocycles. The molecule has 5 rings (SSSR count). The minimum absolute atomic E-state index is 0.0107. The largest absolute Gasteiger partial charge is 0.370 e. The fraction of sp³-hybridized carbons (Fsp3) is 0.367. The molecule has 0 spiro atoms. The molecule has 1 saturated heterocycles. The average Bonchev–Trinajstić information content (AvgIpc) is 3.57. The Balaban J connectivity index is 1.34. The summed E-state index contributed by atoms with van der Waals surface area (Å²) in [6, 6.07) is 13.8. The van der Waals surface area contributed by atoms with Gasteiger partial charge in [0.05, 0.1) is 16.4 Å². The second-order valence-electron chi connectivity index (χ2n) is 10.9. The van der Waals surface area contributed by atoms with E-state index in [0.29, 0.717) is 40.6 Å². The third-order valence-corrected chi connectivity index (χ3v) is 7.91. The first-order valence-electron chi connectivity index (χ1n) is 14.0. The van der Waals surface area contributed by atoms with Crippen molar-refractivity contribution in [2.45, 2.75) is 63.6 Å². The molecule has 3 atom stereocenters. The van der Waals surface area contributed by atoms with Crippen LogP contribution in [0.5, 0.6) is 0 Å². The number of guanidine groups is 1. The van der Waals surface area contributed by atoms with E-state index in [1.54, 1.807) is 24.4 Å². The number of nitrogens with two attached hydrogens (primary N) is 2. The molecule has 216 valence electrons. The first-order chi connectivity index (χ1) is 19.7. The number of aromatic amines is 1. The van der Waals surface area contributed by atoms with Crippen LogP contribution in [0.25, 0.3) is 28.0 Å². The van der Waals surface area contributed by atoms with E-state index in [2.05, 4.69) is 20.6 Å². The zero-order valence-electron chi connectivity index (χ0n) is 23.0. The van der Waals surface area contributed by atoms with Crippen molar-refractivity contribution in [3.05, 3.63) is 81.1 Å². The van der Waals surface area contributed by atoms with Crippen molar-refractivity contribution in [2.75, 3.05) is 6.54 Å². The zero-order valence-corrected chi connectivity index (χ0v) is 23.8. The maximum absolute atomic E-state index is 15.1. The van der Waals surface area contributed by atoms with E-state index in [0.717, 1.165) is 49.7 Å². The van der Waals surface area contributed by atoms with Gasteiger partial charge in [-0.15, -0.1) is 0 Å². The highest BCUT2D eigenvalue weighted by Crippen LogP contribution is 2.32. The van der Waals surface area contributed by atoms with Gasteiger partial charge in [-0.25, -0.2) is 9.18 Å². The van der Waals surface area contributed by atoms with Gasteiger partial charge >= 0.3 is 5.69 Å². The van der Waals surface area contributed by atoms with Gasteiger partial charge in [0.1, 0.15) is 5.65 Å².